The van der Waals surface area contributed by atoms with Crippen LogP contribution >= 0.6 is 0 Å². The number of ether oxygens (including phenoxy) is 1. The highest BCUT2D eigenvalue weighted by atomic mass is 19.1. The highest BCUT2D eigenvalue weighted by Gasteiger charge is 2.36. The number of likely N-dealkylation sites (N-methyl/N-ethyl adjacent to an activating group) is 1. The Morgan fingerprint density at radius 1 is 1.38 bits per heavy atom. The minimum atomic E-state index is -0.661. The molecular weight excluding hydrogens is 315 g/mol. The number of carbonyl (C=O) groups is 2. The Bertz CT molecular complexity index is 648. The summed E-state index contributed by atoms with van der Waals surface area (Å²) in [6.07, 6.45) is -1.24. The Kier molecular flexibility index (Phi) is 4.57. The number of carbonyl (C=O) groups excluding carboxylic acids is 2. The molecule has 2 heterocycles. The molecule has 8 heteroatoms. The summed E-state index contributed by atoms with van der Waals surface area (Å²) >= 11 is 0. The van der Waals surface area contributed by atoms with Crippen LogP contribution in [0.3, 0.4) is 0 Å². The van der Waals surface area contributed by atoms with Gasteiger partial charge in [0.25, 0.3) is 0 Å². The summed E-state index contributed by atoms with van der Waals surface area (Å²) in [4.78, 5) is 28.1. The number of cyclic esters (lactones) is 1. The van der Waals surface area contributed by atoms with Crippen molar-refractivity contribution >= 4 is 23.4 Å². The molecule has 1 unspecified atom stereocenters. The predicted octanol–water partition coefficient (Wildman–Crippen LogP) is 0.996. The van der Waals surface area contributed by atoms with Crippen LogP contribution in [0.4, 0.5) is 20.6 Å². The average Bonchev–Trinajstić information content (AvgIpc) is 2.96. The number of hydrogen-bond donors (Lipinski definition) is 1. The van der Waals surface area contributed by atoms with Gasteiger partial charge in [-0.3, -0.25) is 9.69 Å². The fourth-order valence-electron chi connectivity index (χ4n) is 2.89. The molecule has 3 rings (SSSR count). The Labute approximate surface area is 140 Å². The molecule has 2 aliphatic rings. The summed E-state index contributed by atoms with van der Waals surface area (Å²) in [6.45, 7) is 4.71. The molecule has 0 bridgehead atoms. The first-order valence-electron chi connectivity index (χ1n) is 7.94. The van der Waals surface area contributed by atoms with Gasteiger partial charge in [-0.2, -0.15) is 0 Å². The van der Waals surface area contributed by atoms with E-state index in [9.17, 15) is 14.0 Å². The van der Waals surface area contributed by atoms with Crippen molar-refractivity contribution < 1.29 is 18.7 Å². The van der Waals surface area contributed by atoms with Gasteiger partial charge in [-0.05, 0) is 18.2 Å². The standard InChI is InChI=1S/C16H21FN4O3/c1-11(22)19(2)15-10-21(16(23)24-15)12-3-4-14(13(17)9-12)20-7-5-18-6-8-20/h3-4,9,15,18H,5-8,10H2,1-2H3. The molecule has 0 spiro atoms. The largest absolute Gasteiger partial charge is 0.423 e. The van der Waals surface area contributed by atoms with Crippen molar-refractivity contribution in [3.63, 3.8) is 0 Å². The molecule has 0 aromatic heterocycles. The third-order valence-corrected chi connectivity index (χ3v) is 4.43. The highest BCUT2D eigenvalue weighted by Crippen LogP contribution is 2.28. The van der Waals surface area contributed by atoms with E-state index in [-0.39, 0.29) is 18.3 Å². The van der Waals surface area contributed by atoms with Gasteiger partial charge in [0.05, 0.1) is 17.9 Å². The normalized spacial score (nSPS) is 21.0. The van der Waals surface area contributed by atoms with Gasteiger partial charge in [0.2, 0.25) is 5.91 Å². The van der Waals surface area contributed by atoms with Gasteiger partial charge in [0.1, 0.15) is 5.82 Å². The number of nitrogens with zero attached hydrogens (tertiary/aromatic N) is 3. The summed E-state index contributed by atoms with van der Waals surface area (Å²) in [5, 5.41) is 3.22. The molecule has 1 N–H and O–H groups in total. The van der Waals surface area contributed by atoms with E-state index in [0.717, 1.165) is 26.2 Å². The zero-order chi connectivity index (χ0) is 17.3. The molecule has 0 radical (unpaired) electrons. The molecule has 2 saturated heterocycles. The number of rotatable bonds is 3. The number of halogens is 1. The smallest absolute Gasteiger partial charge is 0.416 e. The van der Waals surface area contributed by atoms with E-state index in [1.165, 1.54) is 22.8 Å². The Balaban J connectivity index is 1.76. The summed E-state index contributed by atoms with van der Waals surface area (Å²) in [6, 6.07) is 4.73. The Hall–Kier alpha value is -2.35. The van der Waals surface area contributed by atoms with Crippen LogP contribution in [-0.4, -0.2) is 62.9 Å². The van der Waals surface area contributed by atoms with E-state index in [1.54, 1.807) is 19.2 Å². The van der Waals surface area contributed by atoms with Crippen molar-refractivity contribution in [3.8, 4) is 0 Å². The molecule has 2 aliphatic heterocycles. The van der Waals surface area contributed by atoms with Crippen LogP contribution < -0.4 is 15.1 Å². The van der Waals surface area contributed by atoms with Gasteiger partial charge in [-0.25, -0.2) is 9.18 Å². The highest BCUT2D eigenvalue weighted by molar-refractivity contribution is 5.90. The van der Waals surface area contributed by atoms with Crippen LogP contribution in [0.1, 0.15) is 6.92 Å². The number of benzene rings is 1. The maximum atomic E-state index is 14.5. The van der Waals surface area contributed by atoms with E-state index < -0.39 is 12.3 Å². The molecule has 0 aliphatic carbocycles. The lowest BCUT2D eigenvalue weighted by Gasteiger charge is -2.30. The third-order valence-electron chi connectivity index (χ3n) is 4.43. The molecule has 1 atom stereocenters. The minimum absolute atomic E-state index is 0.182. The van der Waals surface area contributed by atoms with Gasteiger partial charge in [0, 0.05) is 40.2 Å². The van der Waals surface area contributed by atoms with Crippen molar-refractivity contribution in [2.75, 3.05) is 49.6 Å². The summed E-state index contributed by atoms with van der Waals surface area (Å²) < 4.78 is 19.7. The lowest BCUT2D eigenvalue weighted by Crippen LogP contribution is -2.43. The van der Waals surface area contributed by atoms with Crippen LogP contribution in [0, 0.1) is 5.82 Å². The monoisotopic (exact) mass is 336 g/mol. The molecule has 24 heavy (non-hydrogen) atoms. The minimum Gasteiger partial charge on any atom is -0.423 e. The molecule has 130 valence electrons. The fraction of sp³-hybridized carbons (Fsp3) is 0.500. The number of nitrogens with one attached hydrogen (secondary N) is 1. The first-order valence-corrected chi connectivity index (χ1v) is 7.94. The van der Waals surface area contributed by atoms with Crippen molar-refractivity contribution in [1.29, 1.82) is 0 Å². The van der Waals surface area contributed by atoms with Crippen molar-refractivity contribution in [3.05, 3.63) is 24.0 Å². The van der Waals surface area contributed by atoms with Crippen LogP contribution in [0.25, 0.3) is 0 Å². The fourth-order valence-corrected chi connectivity index (χ4v) is 2.89. The zero-order valence-corrected chi connectivity index (χ0v) is 13.8. The topological polar surface area (TPSA) is 65.1 Å². The Morgan fingerprint density at radius 2 is 2.08 bits per heavy atom. The van der Waals surface area contributed by atoms with Crippen LogP contribution in [0.5, 0.6) is 0 Å². The molecule has 2 fully saturated rings. The van der Waals surface area contributed by atoms with Gasteiger partial charge in [-0.1, -0.05) is 0 Å². The van der Waals surface area contributed by atoms with Gasteiger partial charge >= 0.3 is 6.09 Å². The number of hydrogen-bond acceptors (Lipinski definition) is 5. The van der Waals surface area contributed by atoms with Crippen molar-refractivity contribution in [2.45, 2.75) is 13.2 Å². The van der Waals surface area contributed by atoms with E-state index in [0.29, 0.717) is 11.4 Å². The van der Waals surface area contributed by atoms with Crippen molar-refractivity contribution in [2.24, 2.45) is 0 Å². The first kappa shape index (κ1) is 16.5. The van der Waals surface area contributed by atoms with E-state index >= 15 is 0 Å². The molecule has 7 nitrogen and oxygen atoms in total. The number of piperazine rings is 1. The Morgan fingerprint density at radius 3 is 2.71 bits per heavy atom. The summed E-state index contributed by atoms with van der Waals surface area (Å²) in [5.74, 6) is -0.569. The van der Waals surface area contributed by atoms with Gasteiger partial charge in [-0.15, -0.1) is 0 Å². The van der Waals surface area contributed by atoms with Gasteiger partial charge < -0.3 is 19.9 Å². The SMILES string of the molecule is CC(=O)N(C)C1CN(c2ccc(N3CCNCC3)c(F)c2)C(=O)O1. The second-order valence-corrected chi connectivity index (χ2v) is 5.95. The molecule has 1 aromatic rings. The van der Waals surface area contributed by atoms with E-state index in [1.807, 2.05) is 4.90 Å². The molecular formula is C16H21FN4O3. The average molecular weight is 336 g/mol. The second-order valence-electron chi connectivity index (χ2n) is 5.95. The molecule has 1 aromatic carbocycles. The first-order chi connectivity index (χ1) is 11.5. The van der Waals surface area contributed by atoms with E-state index in [2.05, 4.69) is 5.32 Å². The van der Waals surface area contributed by atoms with Crippen LogP contribution in [0.2, 0.25) is 0 Å². The lowest BCUT2D eigenvalue weighted by atomic mass is 10.2. The zero-order valence-electron chi connectivity index (χ0n) is 13.8. The van der Waals surface area contributed by atoms with Crippen LogP contribution in [0.15, 0.2) is 18.2 Å². The van der Waals surface area contributed by atoms with Crippen LogP contribution in [-0.2, 0) is 9.53 Å². The maximum Gasteiger partial charge on any atom is 0.416 e. The molecule has 2 amide bonds. The quantitative estimate of drug-likeness (QED) is 0.892. The van der Waals surface area contributed by atoms with Crippen molar-refractivity contribution in [1.82, 2.24) is 10.2 Å². The number of amides is 2. The van der Waals surface area contributed by atoms with Gasteiger partial charge in [0.15, 0.2) is 6.23 Å². The number of anilines is 2. The lowest BCUT2D eigenvalue weighted by molar-refractivity contribution is -0.134. The molecule has 0 saturated carbocycles. The third kappa shape index (κ3) is 3.14. The second kappa shape index (κ2) is 6.64. The van der Waals surface area contributed by atoms with E-state index in [4.69, 9.17) is 4.74 Å². The maximum absolute atomic E-state index is 14.5. The predicted molar refractivity (Wildman–Crippen MR) is 87.5 cm³/mol. The summed E-state index contributed by atoms with van der Waals surface area (Å²) in [5.41, 5.74) is 0.959. The summed E-state index contributed by atoms with van der Waals surface area (Å²) in [7, 11) is 1.57.